The number of hydrogen-bond donors (Lipinski definition) is 2. The second-order valence-corrected chi connectivity index (χ2v) is 8.70. The average molecular weight is 440 g/mol. The first-order valence-electron chi connectivity index (χ1n) is 11.5. The molecule has 1 aliphatic heterocycles. The number of carbonyl (C=O) groups is 3. The van der Waals surface area contributed by atoms with Gasteiger partial charge in [0.25, 0.3) is 5.91 Å². The molecule has 2 fully saturated rings. The molecule has 0 radical (unpaired) electrons. The van der Waals surface area contributed by atoms with Crippen LogP contribution in [0.15, 0.2) is 11.6 Å². The summed E-state index contributed by atoms with van der Waals surface area (Å²) in [4.78, 5) is 38.6. The van der Waals surface area contributed by atoms with E-state index in [9.17, 15) is 19.6 Å². The third-order valence-electron chi connectivity index (χ3n) is 6.65. The van der Waals surface area contributed by atoms with Crippen molar-refractivity contribution in [3.63, 3.8) is 0 Å². The van der Waals surface area contributed by atoms with Gasteiger partial charge in [0.15, 0.2) is 0 Å². The molecule has 2 N–H and O–H groups in total. The van der Waals surface area contributed by atoms with Crippen molar-refractivity contribution in [1.29, 1.82) is 5.26 Å². The Morgan fingerprint density at radius 3 is 2.53 bits per heavy atom. The normalized spacial score (nSPS) is 19.5. The Morgan fingerprint density at radius 2 is 1.88 bits per heavy atom. The van der Waals surface area contributed by atoms with E-state index < -0.39 is 11.9 Å². The first kappa shape index (κ1) is 23.6. The van der Waals surface area contributed by atoms with Gasteiger partial charge in [-0.3, -0.25) is 14.4 Å². The van der Waals surface area contributed by atoms with Crippen molar-refractivity contribution in [2.75, 3.05) is 20.1 Å². The number of likely N-dealkylation sites (tertiary alicyclic amines) is 1. The van der Waals surface area contributed by atoms with Gasteiger partial charge in [0.2, 0.25) is 11.8 Å². The van der Waals surface area contributed by atoms with Crippen LogP contribution >= 0.6 is 0 Å². The molecule has 1 saturated carbocycles. The van der Waals surface area contributed by atoms with Gasteiger partial charge in [-0.15, -0.1) is 0 Å². The predicted octanol–water partition coefficient (Wildman–Crippen LogP) is 2.37. The average Bonchev–Trinajstić information content (AvgIpc) is 3.40. The Bertz CT molecular complexity index is 950. The first-order chi connectivity index (χ1) is 15.4. The zero-order valence-corrected chi connectivity index (χ0v) is 19.2. The third kappa shape index (κ3) is 5.04. The number of hydrogen-bond acceptors (Lipinski definition) is 4. The molecule has 0 aromatic carbocycles. The summed E-state index contributed by atoms with van der Waals surface area (Å²) in [6.07, 6.45) is 9.00. The van der Waals surface area contributed by atoms with E-state index in [0.29, 0.717) is 19.0 Å². The van der Waals surface area contributed by atoms with E-state index in [-0.39, 0.29) is 23.9 Å². The molecule has 1 aromatic heterocycles. The first-order valence-corrected chi connectivity index (χ1v) is 11.5. The van der Waals surface area contributed by atoms with Crippen molar-refractivity contribution in [3.05, 3.63) is 28.6 Å². The molecule has 3 amide bonds. The Balaban J connectivity index is 1.68. The molecule has 172 valence electrons. The lowest BCUT2D eigenvalue weighted by atomic mass is 9.95. The molecular formula is C24H33N5O3. The minimum atomic E-state index is -0.584. The predicted molar refractivity (Wildman–Crippen MR) is 121 cm³/mol. The van der Waals surface area contributed by atoms with Crippen molar-refractivity contribution in [3.8, 4) is 6.07 Å². The van der Waals surface area contributed by atoms with E-state index >= 15 is 0 Å². The number of carbonyl (C=O) groups excluding carboxylic acids is 3. The number of nitriles is 1. The van der Waals surface area contributed by atoms with Gasteiger partial charge in [0, 0.05) is 31.0 Å². The topological polar surface area (TPSA) is 107 Å². The maximum absolute atomic E-state index is 12.6. The maximum Gasteiger partial charge on any atom is 0.262 e. The highest BCUT2D eigenvalue weighted by molar-refractivity contribution is 6.03. The summed E-state index contributed by atoms with van der Waals surface area (Å²) in [5, 5.41) is 14.7. The molecule has 1 aromatic rings. The van der Waals surface area contributed by atoms with Gasteiger partial charge < -0.3 is 20.1 Å². The molecule has 8 heteroatoms. The van der Waals surface area contributed by atoms with Crippen molar-refractivity contribution in [2.45, 2.75) is 70.9 Å². The fourth-order valence-electron chi connectivity index (χ4n) is 5.01. The molecule has 0 bridgehead atoms. The summed E-state index contributed by atoms with van der Waals surface area (Å²) in [5.74, 6) is -1.11. The summed E-state index contributed by atoms with van der Waals surface area (Å²) < 4.78 is 2.33. The van der Waals surface area contributed by atoms with Gasteiger partial charge in [0.1, 0.15) is 17.7 Å². The molecule has 1 unspecified atom stereocenters. The van der Waals surface area contributed by atoms with Crippen molar-refractivity contribution in [1.82, 2.24) is 20.1 Å². The number of nitrogens with zero attached hydrogens (tertiary/aromatic N) is 3. The Labute approximate surface area is 189 Å². The monoisotopic (exact) mass is 439 g/mol. The molecular weight excluding hydrogens is 406 g/mol. The smallest absolute Gasteiger partial charge is 0.262 e. The SMILES string of the molecule is CNC(=O)C1CCCN1C(=O)CNC(=O)/C(C#N)=C/c1cc(C)n(C2CCCCC2)c1C. The molecule has 3 rings (SSSR count). The molecule has 1 atom stereocenters. The number of likely N-dealkylation sites (N-methyl/N-ethyl adjacent to an activating group) is 1. The lowest BCUT2D eigenvalue weighted by Crippen LogP contribution is -2.48. The Kier molecular flexibility index (Phi) is 7.73. The van der Waals surface area contributed by atoms with Gasteiger partial charge >= 0.3 is 0 Å². The highest BCUT2D eigenvalue weighted by Gasteiger charge is 2.33. The van der Waals surface area contributed by atoms with Gasteiger partial charge in [0.05, 0.1) is 6.54 Å². The summed E-state index contributed by atoms with van der Waals surface area (Å²) in [6, 6.07) is 3.95. The second-order valence-electron chi connectivity index (χ2n) is 8.70. The Hall–Kier alpha value is -3.08. The standard InChI is InChI=1S/C24H33N5O3/c1-16-12-18(17(2)29(16)20-8-5-4-6-9-20)13-19(14-25)23(31)27-15-22(30)28-11-7-10-21(28)24(32)26-3/h12-13,20-21H,4-11,15H2,1-3H3,(H,26,32)(H,27,31)/b19-13+. The Morgan fingerprint density at radius 1 is 1.16 bits per heavy atom. The molecule has 8 nitrogen and oxygen atoms in total. The lowest BCUT2D eigenvalue weighted by molar-refractivity contribution is -0.138. The zero-order valence-electron chi connectivity index (χ0n) is 19.2. The van der Waals surface area contributed by atoms with Crippen molar-refractivity contribution in [2.24, 2.45) is 0 Å². The molecule has 1 saturated heterocycles. The van der Waals surface area contributed by atoms with Crippen LogP contribution in [0.25, 0.3) is 6.08 Å². The second kappa shape index (κ2) is 10.5. The minimum absolute atomic E-state index is 0.0361. The quantitative estimate of drug-likeness (QED) is 0.524. The third-order valence-corrected chi connectivity index (χ3v) is 6.65. The fraction of sp³-hybridized carbons (Fsp3) is 0.583. The summed E-state index contributed by atoms with van der Waals surface area (Å²) in [5.41, 5.74) is 3.00. The van der Waals surface area contributed by atoms with Crippen LogP contribution in [0.3, 0.4) is 0 Å². The number of aryl methyl sites for hydroxylation is 1. The summed E-state index contributed by atoms with van der Waals surface area (Å²) in [7, 11) is 1.54. The number of nitrogens with one attached hydrogen (secondary N) is 2. The van der Waals surface area contributed by atoms with E-state index in [2.05, 4.69) is 22.1 Å². The van der Waals surface area contributed by atoms with E-state index in [0.717, 1.165) is 36.2 Å². The van der Waals surface area contributed by atoms with E-state index in [1.165, 1.54) is 24.2 Å². The molecule has 0 spiro atoms. The molecule has 2 aliphatic rings. The van der Waals surface area contributed by atoms with Gasteiger partial charge in [-0.1, -0.05) is 19.3 Å². The zero-order chi connectivity index (χ0) is 23.3. The van der Waals surface area contributed by atoms with Crippen LogP contribution in [0.5, 0.6) is 0 Å². The highest BCUT2D eigenvalue weighted by Crippen LogP contribution is 2.32. The molecule has 1 aliphatic carbocycles. The van der Waals surface area contributed by atoms with Crippen molar-refractivity contribution < 1.29 is 14.4 Å². The van der Waals surface area contributed by atoms with Crippen LogP contribution in [-0.4, -0.2) is 53.4 Å². The molecule has 32 heavy (non-hydrogen) atoms. The van der Waals surface area contributed by atoms with Crippen LogP contribution in [0.1, 0.15) is 67.9 Å². The van der Waals surface area contributed by atoms with Crippen LogP contribution in [0, 0.1) is 25.2 Å². The minimum Gasteiger partial charge on any atom is -0.357 e. The van der Waals surface area contributed by atoms with E-state index in [1.54, 1.807) is 13.1 Å². The number of aromatic nitrogens is 1. The van der Waals surface area contributed by atoms with Crippen LogP contribution in [-0.2, 0) is 14.4 Å². The fourth-order valence-corrected chi connectivity index (χ4v) is 5.01. The summed E-state index contributed by atoms with van der Waals surface area (Å²) in [6.45, 7) is 4.33. The number of rotatable bonds is 6. The van der Waals surface area contributed by atoms with E-state index in [4.69, 9.17) is 0 Å². The van der Waals surface area contributed by atoms with Gasteiger partial charge in [-0.25, -0.2) is 0 Å². The van der Waals surface area contributed by atoms with Crippen LogP contribution < -0.4 is 10.6 Å². The summed E-state index contributed by atoms with van der Waals surface area (Å²) >= 11 is 0. The number of amides is 3. The highest BCUT2D eigenvalue weighted by atomic mass is 16.2. The largest absolute Gasteiger partial charge is 0.357 e. The van der Waals surface area contributed by atoms with E-state index in [1.807, 2.05) is 19.1 Å². The lowest BCUT2D eigenvalue weighted by Gasteiger charge is -2.26. The van der Waals surface area contributed by atoms with Crippen LogP contribution in [0.4, 0.5) is 0 Å². The molecule has 2 heterocycles. The van der Waals surface area contributed by atoms with Gasteiger partial charge in [-0.2, -0.15) is 5.26 Å². The van der Waals surface area contributed by atoms with Crippen molar-refractivity contribution >= 4 is 23.8 Å². The van der Waals surface area contributed by atoms with Crippen LogP contribution in [0.2, 0.25) is 0 Å². The van der Waals surface area contributed by atoms with Gasteiger partial charge in [-0.05, 0) is 57.2 Å². The maximum atomic E-state index is 12.6.